The van der Waals surface area contributed by atoms with E-state index in [4.69, 9.17) is 0 Å². The summed E-state index contributed by atoms with van der Waals surface area (Å²) in [7, 11) is 0. The van der Waals surface area contributed by atoms with E-state index in [0.717, 1.165) is 6.54 Å². The predicted molar refractivity (Wildman–Crippen MR) is 72.1 cm³/mol. The van der Waals surface area contributed by atoms with Crippen LogP contribution in [0.15, 0.2) is 6.07 Å². The van der Waals surface area contributed by atoms with Crippen molar-refractivity contribution in [1.29, 1.82) is 0 Å². The lowest BCUT2D eigenvalue weighted by Crippen LogP contribution is -2.39. The summed E-state index contributed by atoms with van der Waals surface area (Å²) < 4.78 is 0. The molecule has 1 aromatic rings. The van der Waals surface area contributed by atoms with Gasteiger partial charge in [0.1, 0.15) is 0 Å². The van der Waals surface area contributed by atoms with Gasteiger partial charge in [0.05, 0.1) is 0 Å². The fraction of sp³-hybridized carbons (Fsp3) is 0.714. The quantitative estimate of drug-likeness (QED) is 0.815. The molecular weight excluding hydrogens is 214 g/mol. The Kier molecular flexibility index (Phi) is 3.70. The lowest BCUT2D eigenvalue weighted by Gasteiger charge is -2.41. The number of aryl methyl sites for hydroxylation is 2. The van der Waals surface area contributed by atoms with Gasteiger partial charge in [0, 0.05) is 22.8 Å². The molecule has 0 radical (unpaired) electrons. The summed E-state index contributed by atoms with van der Waals surface area (Å²) in [5, 5.41) is 3.66. The molecule has 0 spiro atoms. The Morgan fingerprint density at radius 1 is 1.38 bits per heavy atom. The fourth-order valence-corrected chi connectivity index (χ4v) is 3.60. The van der Waals surface area contributed by atoms with E-state index in [1.54, 1.807) is 0 Å². The second kappa shape index (κ2) is 4.89. The Balaban J connectivity index is 1.81. The zero-order valence-corrected chi connectivity index (χ0v) is 11.5. The molecule has 0 amide bonds. The van der Waals surface area contributed by atoms with Gasteiger partial charge in [-0.15, -0.1) is 11.3 Å². The number of hydrogen-bond donors (Lipinski definition) is 1. The van der Waals surface area contributed by atoms with E-state index in [0.29, 0.717) is 5.41 Å². The summed E-state index contributed by atoms with van der Waals surface area (Å²) in [6.07, 6.45) is 5.63. The largest absolute Gasteiger partial charge is 0.312 e. The monoisotopic (exact) mass is 237 g/mol. The third kappa shape index (κ3) is 2.49. The molecule has 1 nitrogen and oxygen atoms in total. The molecule has 0 unspecified atom stereocenters. The molecule has 1 saturated carbocycles. The van der Waals surface area contributed by atoms with E-state index >= 15 is 0 Å². The standard InChI is InChI=1S/C14H23NS/c1-4-14(6-5-7-14)10-15-9-13-8-11(2)16-12(13)3/h8,15H,4-7,9-10H2,1-3H3. The summed E-state index contributed by atoms with van der Waals surface area (Å²) >= 11 is 1.91. The van der Waals surface area contributed by atoms with Crippen molar-refractivity contribution in [1.82, 2.24) is 5.32 Å². The van der Waals surface area contributed by atoms with Gasteiger partial charge in [-0.05, 0) is 50.2 Å². The second-order valence-corrected chi connectivity index (χ2v) is 6.71. The summed E-state index contributed by atoms with van der Waals surface area (Å²) in [5.74, 6) is 0. The first-order valence-electron chi connectivity index (χ1n) is 6.42. The van der Waals surface area contributed by atoms with Crippen molar-refractivity contribution >= 4 is 11.3 Å². The maximum atomic E-state index is 3.66. The maximum absolute atomic E-state index is 3.66. The van der Waals surface area contributed by atoms with Crippen LogP contribution in [-0.4, -0.2) is 6.54 Å². The smallest absolute Gasteiger partial charge is 0.0216 e. The summed E-state index contributed by atoms with van der Waals surface area (Å²) in [6.45, 7) is 9.02. The van der Waals surface area contributed by atoms with Crippen molar-refractivity contribution in [3.8, 4) is 0 Å². The molecule has 2 heteroatoms. The van der Waals surface area contributed by atoms with Gasteiger partial charge in [0.2, 0.25) is 0 Å². The lowest BCUT2D eigenvalue weighted by molar-refractivity contribution is 0.124. The molecule has 16 heavy (non-hydrogen) atoms. The molecule has 1 aliphatic rings. The van der Waals surface area contributed by atoms with Crippen molar-refractivity contribution in [3.63, 3.8) is 0 Å². The maximum Gasteiger partial charge on any atom is 0.0216 e. The highest BCUT2D eigenvalue weighted by atomic mass is 32.1. The van der Waals surface area contributed by atoms with Gasteiger partial charge in [-0.3, -0.25) is 0 Å². The molecule has 1 fully saturated rings. The topological polar surface area (TPSA) is 12.0 Å². The number of nitrogens with one attached hydrogen (secondary N) is 1. The Morgan fingerprint density at radius 2 is 2.12 bits per heavy atom. The van der Waals surface area contributed by atoms with E-state index in [9.17, 15) is 0 Å². The first kappa shape index (κ1) is 12.1. The van der Waals surface area contributed by atoms with Crippen LogP contribution in [0.4, 0.5) is 0 Å². The van der Waals surface area contributed by atoms with Gasteiger partial charge in [-0.1, -0.05) is 13.3 Å². The van der Waals surface area contributed by atoms with Crippen molar-refractivity contribution in [3.05, 3.63) is 21.4 Å². The van der Waals surface area contributed by atoms with Crippen LogP contribution in [0.5, 0.6) is 0 Å². The molecule has 0 aliphatic heterocycles. The van der Waals surface area contributed by atoms with Crippen LogP contribution in [-0.2, 0) is 6.54 Å². The molecule has 0 atom stereocenters. The van der Waals surface area contributed by atoms with Crippen LogP contribution in [0.1, 0.15) is 47.9 Å². The predicted octanol–water partition coefficient (Wildman–Crippen LogP) is 4.03. The minimum atomic E-state index is 0.638. The summed E-state index contributed by atoms with van der Waals surface area (Å²) in [6, 6.07) is 2.33. The van der Waals surface area contributed by atoms with Crippen LogP contribution in [0.25, 0.3) is 0 Å². The average Bonchev–Trinajstić information content (AvgIpc) is 2.50. The van der Waals surface area contributed by atoms with Gasteiger partial charge in [-0.2, -0.15) is 0 Å². The number of thiophene rings is 1. The zero-order valence-electron chi connectivity index (χ0n) is 10.7. The summed E-state index contributed by atoms with van der Waals surface area (Å²) in [4.78, 5) is 2.91. The fourth-order valence-electron chi connectivity index (χ4n) is 2.65. The van der Waals surface area contributed by atoms with Crippen molar-refractivity contribution in [2.45, 2.75) is 53.0 Å². The molecule has 0 saturated heterocycles. The first-order chi connectivity index (χ1) is 7.65. The van der Waals surface area contributed by atoms with Crippen LogP contribution in [0.3, 0.4) is 0 Å². The zero-order chi connectivity index (χ0) is 11.6. The third-order valence-electron chi connectivity index (χ3n) is 4.12. The Morgan fingerprint density at radius 3 is 2.56 bits per heavy atom. The normalized spacial score (nSPS) is 18.4. The van der Waals surface area contributed by atoms with E-state index < -0.39 is 0 Å². The molecule has 1 aliphatic carbocycles. The van der Waals surface area contributed by atoms with Crippen LogP contribution in [0.2, 0.25) is 0 Å². The highest BCUT2D eigenvalue weighted by Gasteiger charge is 2.34. The second-order valence-electron chi connectivity index (χ2n) is 5.25. The molecule has 0 aromatic carbocycles. The van der Waals surface area contributed by atoms with E-state index in [1.165, 1.54) is 47.5 Å². The molecule has 1 aromatic heterocycles. The van der Waals surface area contributed by atoms with Gasteiger partial charge >= 0.3 is 0 Å². The molecule has 0 bridgehead atoms. The molecule has 90 valence electrons. The number of hydrogen-bond acceptors (Lipinski definition) is 2. The molecule has 1 heterocycles. The first-order valence-corrected chi connectivity index (χ1v) is 7.23. The minimum Gasteiger partial charge on any atom is -0.312 e. The minimum absolute atomic E-state index is 0.638. The van der Waals surface area contributed by atoms with Crippen LogP contribution < -0.4 is 5.32 Å². The molecule has 2 rings (SSSR count). The molecule has 1 N–H and O–H groups in total. The van der Waals surface area contributed by atoms with Gasteiger partial charge in [-0.25, -0.2) is 0 Å². The Labute approximate surface area is 103 Å². The van der Waals surface area contributed by atoms with Gasteiger partial charge < -0.3 is 5.32 Å². The van der Waals surface area contributed by atoms with Crippen molar-refractivity contribution in [2.24, 2.45) is 5.41 Å². The third-order valence-corrected chi connectivity index (χ3v) is 5.13. The van der Waals surface area contributed by atoms with E-state index in [-0.39, 0.29) is 0 Å². The van der Waals surface area contributed by atoms with E-state index in [2.05, 4.69) is 32.2 Å². The summed E-state index contributed by atoms with van der Waals surface area (Å²) in [5.41, 5.74) is 2.13. The lowest BCUT2D eigenvalue weighted by atomic mass is 9.67. The highest BCUT2D eigenvalue weighted by molar-refractivity contribution is 7.12. The van der Waals surface area contributed by atoms with Crippen LogP contribution >= 0.6 is 11.3 Å². The van der Waals surface area contributed by atoms with E-state index in [1.807, 2.05) is 11.3 Å². The number of rotatable bonds is 5. The Bertz CT molecular complexity index is 344. The van der Waals surface area contributed by atoms with Gasteiger partial charge in [0.15, 0.2) is 0 Å². The van der Waals surface area contributed by atoms with Crippen molar-refractivity contribution < 1.29 is 0 Å². The van der Waals surface area contributed by atoms with Crippen molar-refractivity contribution in [2.75, 3.05) is 6.54 Å². The van der Waals surface area contributed by atoms with Gasteiger partial charge in [0.25, 0.3) is 0 Å². The average molecular weight is 237 g/mol. The SMILES string of the molecule is CCC1(CNCc2cc(C)sc2C)CCC1. The Hall–Kier alpha value is -0.340. The highest BCUT2D eigenvalue weighted by Crippen LogP contribution is 2.43. The molecular formula is C14H23NS. The van der Waals surface area contributed by atoms with Crippen LogP contribution in [0, 0.1) is 19.3 Å².